The lowest BCUT2D eigenvalue weighted by atomic mass is 10.0. The fraction of sp³-hybridized carbons (Fsp3) is 0.0769. The average molecular weight is 425 g/mol. The van der Waals surface area contributed by atoms with Crippen molar-refractivity contribution in [1.82, 2.24) is 4.98 Å². The summed E-state index contributed by atoms with van der Waals surface area (Å²) in [6, 6.07) is 22.3. The van der Waals surface area contributed by atoms with Crippen molar-refractivity contribution < 1.29 is 14.3 Å². The third kappa shape index (κ3) is 4.39. The molecule has 1 amide bonds. The molecular formula is C26H23N3O3. The quantitative estimate of drug-likeness (QED) is 0.412. The minimum atomic E-state index is -0.295. The molecule has 3 aromatic carbocycles. The first-order chi connectivity index (χ1) is 15.6. The van der Waals surface area contributed by atoms with E-state index >= 15 is 0 Å². The fourth-order valence-corrected chi connectivity index (χ4v) is 3.39. The van der Waals surface area contributed by atoms with Crippen molar-refractivity contribution in [3.8, 4) is 11.5 Å². The smallest absolute Gasteiger partial charge is 0.256 e. The lowest BCUT2D eigenvalue weighted by Gasteiger charge is -2.13. The third-order valence-electron chi connectivity index (χ3n) is 5.03. The Hall–Kier alpha value is -4.32. The summed E-state index contributed by atoms with van der Waals surface area (Å²) in [6.45, 7) is 0. The maximum Gasteiger partial charge on any atom is 0.256 e. The van der Waals surface area contributed by atoms with Crippen molar-refractivity contribution in [1.29, 1.82) is 0 Å². The zero-order valence-corrected chi connectivity index (χ0v) is 17.8. The minimum absolute atomic E-state index is 0.295. The van der Waals surface area contributed by atoms with Gasteiger partial charge in [-0.3, -0.25) is 4.79 Å². The number of benzene rings is 3. The molecule has 6 heteroatoms. The summed E-state index contributed by atoms with van der Waals surface area (Å²) in [6.07, 6.45) is 3.82. The lowest BCUT2D eigenvalue weighted by Crippen LogP contribution is -2.14. The van der Waals surface area contributed by atoms with Crippen LogP contribution in [0.3, 0.4) is 0 Å². The van der Waals surface area contributed by atoms with Gasteiger partial charge in [0.25, 0.3) is 5.91 Å². The maximum atomic E-state index is 13.3. The van der Waals surface area contributed by atoms with E-state index in [4.69, 9.17) is 20.2 Å². The Morgan fingerprint density at radius 2 is 1.59 bits per heavy atom. The first-order valence-electron chi connectivity index (χ1n) is 10.0. The molecule has 0 aliphatic heterocycles. The summed E-state index contributed by atoms with van der Waals surface area (Å²) >= 11 is 0. The van der Waals surface area contributed by atoms with Crippen LogP contribution in [-0.2, 0) is 0 Å². The van der Waals surface area contributed by atoms with E-state index in [2.05, 4.69) is 5.32 Å². The minimum Gasteiger partial charge on any atom is -0.493 e. The van der Waals surface area contributed by atoms with Crippen LogP contribution in [0.2, 0.25) is 0 Å². The summed E-state index contributed by atoms with van der Waals surface area (Å²) in [5.74, 6) is 0.759. The van der Waals surface area contributed by atoms with E-state index < -0.39 is 0 Å². The van der Waals surface area contributed by atoms with Crippen LogP contribution >= 0.6 is 0 Å². The number of anilines is 2. The predicted octanol–water partition coefficient (Wildman–Crippen LogP) is 5.26. The number of rotatable bonds is 6. The molecule has 0 aliphatic rings. The Bertz CT molecular complexity index is 1300. The number of fused-ring (bicyclic) bond motifs is 1. The Kier molecular flexibility index (Phi) is 6.03. The van der Waals surface area contributed by atoms with Crippen LogP contribution in [0.4, 0.5) is 11.4 Å². The Balaban J connectivity index is 1.83. The molecule has 6 nitrogen and oxygen atoms in total. The van der Waals surface area contributed by atoms with Gasteiger partial charge in [-0.15, -0.1) is 0 Å². The number of pyridine rings is 1. The van der Waals surface area contributed by atoms with Gasteiger partial charge < -0.3 is 20.5 Å². The predicted molar refractivity (Wildman–Crippen MR) is 129 cm³/mol. The second-order valence-corrected chi connectivity index (χ2v) is 7.10. The molecule has 4 rings (SSSR count). The summed E-state index contributed by atoms with van der Waals surface area (Å²) < 4.78 is 10.9. The standard InChI is InChI=1S/C26H23N3O3/c1-31-24-15-19-20(26(30)29-22-11-7-6-10-21(22)27)14-18(28-23(19)16-25(24)32-2)13-12-17-8-4-3-5-9-17/h3-16H,27H2,1-2H3,(H,29,30)/b13-12+. The number of aromatic nitrogens is 1. The monoisotopic (exact) mass is 425 g/mol. The number of para-hydroxylation sites is 2. The van der Waals surface area contributed by atoms with E-state index in [1.165, 1.54) is 0 Å². The first-order valence-corrected chi connectivity index (χ1v) is 10.0. The largest absolute Gasteiger partial charge is 0.493 e. The number of nitrogens with zero attached hydrogens (tertiary/aromatic N) is 1. The molecule has 0 unspecified atom stereocenters. The van der Waals surface area contributed by atoms with E-state index in [-0.39, 0.29) is 5.91 Å². The molecular weight excluding hydrogens is 402 g/mol. The normalized spacial score (nSPS) is 10.9. The van der Waals surface area contributed by atoms with Crippen molar-refractivity contribution in [2.75, 3.05) is 25.3 Å². The van der Waals surface area contributed by atoms with Crippen LogP contribution in [0.15, 0.2) is 72.8 Å². The van der Waals surface area contributed by atoms with E-state index in [1.807, 2.05) is 54.6 Å². The van der Waals surface area contributed by atoms with Gasteiger partial charge in [-0.1, -0.05) is 48.5 Å². The topological polar surface area (TPSA) is 86.5 Å². The second kappa shape index (κ2) is 9.22. The van der Waals surface area contributed by atoms with Crippen molar-refractivity contribution in [2.24, 2.45) is 0 Å². The van der Waals surface area contributed by atoms with E-state index in [0.717, 1.165) is 5.56 Å². The number of amides is 1. The van der Waals surface area contributed by atoms with Gasteiger partial charge >= 0.3 is 0 Å². The Morgan fingerprint density at radius 3 is 2.31 bits per heavy atom. The number of methoxy groups -OCH3 is 2. The van der Waals surface area contributed by atoms with E-state index in [1.54, 1.807) is 44.6 Å². The first kappa shape index (κ1) is 20.9. The number of nitrogen functional groups attached to an aromatic ring is 1. The highest BCUT2D eigenvalue weighted by atomic mass is 16.5. The molecule has 3 N–H and O–H groups in total. The summed E-state index contributed by atoms with van der Waals surface area (Å²) in [4.78, 5) is 18.0. The molecule has 1 heterocycles. The fourth-order valence-electron chi connectivity index (χ4n) is 3.39. The van der Waals surface area contributed by atoms with Crippen molar-refractivity contribution in [3.63, 3.8) is 0 Å². The average Bonchev–Trinajstić information content (AvgIpc) is 2.83. The van der Waals surface area contributed by atoms with Gasteiger partial charge in [0.2, 0.25) is 0 Å². The molecule has 1 aromatic heterocycles. The van der Waals surface area contributed by atoms with Crippen LogP contribution in [0.25, 0.3) is 23.1 Å². The van der Waals surface area contributed by atoms with Crippen LogP contribution in [0.1, 0.15) is 21.6 Å². The summed E-state index contributed by atoms with van der Waals surface area (Å²) in [5.41, 5.74) is 9.78. The van der Waals surface area contributed by atoms with Gasteiger partial charge in [-0.05, 0) is 35.9 Å². The molecule has 0 fully saturated rings. The molecule has 4 aromatic rings. The van der Waals surface area contributed by atoms with Crippen molar-refractivity contribution in [3.05, 3.63) is 89.6 Å². The van der Waals surface area contributed by atoms with Crippen LogP contribution in [-0.4, -0.2) is 25.1 Å². The van der Waals surface area contributed by atoms with Crippen LogP contribution in [0, 0.1) is 0 Å². The van der Waals surface area contributed by atoms with Gasteiger partial charge in [0.1, 0.15) is 0 Å². The van der Waals surface area contributed by atoms with E-state index in [0.29, 0.717) is 45.0 Å². The molecule has 0 aliphatic carbocycles. The van der Waals surface area contributed by atoms with Gasteiger partial charge in [0, 0.05) is 11.5 Å². The zero-order chi connectivity index (χ0) is 22.5. The summed E-state index contributed by atoms with van der Waals surface area (Å²) in [7, 11) is 3.12. The lowest BCUT2D eigenvalue weighted by molar-refractivity contribution is 0.102. The number of hydrogen-bond acceptors (Lipinski definition) is 5. The maximum absolute atomic E-state index is 13.3. The Morgan fingerprint density at radius 1 is 0.906 bits per heavy atom. The van der Waals surface area contributed by atoms with Gasteiger partial charge in [-0.25, -0.2) is 4.98 Å². The molecule has 0 bridgehead atoms. The number of carbonyl (C=O) groups is 1. The van der Waals surface area contributed by atoms with Crippen molar-refractivity contribution in [2.45, 2.75) is 0 Å². The molecule has 0 saturated heterocycles. The highest BCUT2D eigenvalue weighted by Gasteiger charge is 2.17. The second-order valence-electron chi connectivity index (χ2n) is 7.10. The highest BCUT2D eigenvalue weighted by Crippen LogP contribution is 2.34. The van der Waals surface area contributed by atoms with E-state index in [9.17, 15) is 4.79 Å². The molecule has 0 atom stereocenters. The summed E-state index contributed by atoms with van der Waals surface area (Å²) in [5, 5.41) is 3.54. The molecule has 0 spiro atoms. The Labute approximate surface area is 186 Å². The van der Waals surface area contributed by atoms with Crippen molar-refractivity contribution >= 4 is 40.3 Å². The SMILES string of the molecule is COc1cc2nc(/C=C/c3ccccc3)cc(C(=O)Nc3ccccc3N)c2cc1OC. The van der Waals surface area contributed by atoms with Gasteiger partial charge in [0.05, 0.1) is 42.4 Å². The molecule has 32 heavy (non-hydrogen) atoms. The number of nitrogens with one attached hydrogen (secondary N) is 1. The number of nitrogens with two attached hydrogens (primary N) is 1. The van der Waals surface area contributed by atoms with Gasteiger partial charge in [-0.2, -0.15) is 0 Å². The molecule has 160 valence electrons. The molecule has 0 radical (unpaired) electrons. The van der Waals surface area contributed by atoms with Gasteiger partial charge in [0.15, 0.2) is 11.5 Å². The third-order valence-corrected chi connectivity index (χ3v) is 5.03. The highest BCUT2D eigenvalue weighted by molar-refractivity contribution is 6.14. The van der Waals surface area contributed by atoms with Crippen LogP contribution < -0.4 is 20.5 Å². The number of hydrogen-bond donors (Lipinski definition) is 2. The van der Waals surface area contributed by atoms with Crippen LogP contribution in [0.5, 0.6) is 11.5 Å². The zero-order valence-electron chi connectivity index (χ0n) is 17.8. The number of carbonyl (C=O) groups excluding carboxylic acids is 1. The number of ether oxygens (including phenoxy) is 2. The molecule has 0 saturated carbocycles.